The third-order valence-corrected chi connectivity index (χ3v) is 3.03. The Bertz CT molecular complexity index is 392. The van der Waals surface area contributed by atoms with Crippen molar-refractivity contribution in [1.29, 1.82) is 0 Å². The first-order valence-electron chi connectivity index (χ1n) is 5.82. The van der Waals surface area contributed by atoms with Crippen LogP contribution in [0.4, 0.5) is 0 Å². The van der Waals surface area contributed by atoms with Crippen molar-refractivity contribution in [2.45, 2.75) is 12.5 Å². The number of nitrogens with zero attached hydrogens (tertiary/aromatic N) is 1. The Labute approximate surface area is 102 Å². The van der Waals surface area contributed by atoms with Crippen molar-refractivity contribution in [3.63, 3.8) is 0 Å². The summed E-state index contributed by atoms with van der Waals surface area (Å²) in [5, 5.41) is 0. The predicted octanol–water partition coefficient (Wildman–Crippen LogP) is 1.64. The van der Waals surface area contributed by atoms with Gasteiger partial charge in [0.25, 0.3) is 0 Å². The van der Waals surface area contributed by atoms with Gasteiger partial charge in [0.2, 0.25) is 0 Å². The van der Waals surface area contributed by atoms with E-state index in [1.54, 1.807) is 0 Å². The second-order valence-electron chi connectivity index (χ2n) is 4.15. The van der Waals surface area contributed by atoms with Crippen LogP contribution in [-0.2, 0) is 16.0 Å². The summed E-state index contributed by atoms with van der Waals surface area (Å²) in [6.45, 7) is 1.65. The average Bonchev–Trinajstić information content (AvgIpc) is 2.90. The van der Waals surface area contributed by atoms with Crippen molar-refractivity contribution in [3.05, 3.63) is 48.0 Å². The summed E-state index contributed by atoms with van der Waals surface area (Å²) in [5.74, 6) is -0.155. The summed E-state index contributed by atoms with van der Waals surface area (Å²) in [6, 6.07) is 9.86. The normalized spacial score (nSPS) is 17.0. The van der Waals surface area contributed by atoms with Gasteiger partial charge in [0.05, 0.1) is 7.11 Å². The van der Waals surface area contributed by atoms with E-state index in [0.717, 1.165) is 18.7 Å². The first-order chi connectivity index (χ1) is 8.31. The zero-order valence-electron chi connectivity index (χ0n) is 10.0. The van der Waals surface area contributed by atoms with E-state index in [9.17, 15) is 4.79 Å². The van der Waals surface area contributed by atoms with E-state index in [1.807, 2.05) is 30.3 Å². The standard InChI is InChI=1S/C14H17NO2/c1-17-14(16)13(15-9-5-6-10-15)11-12-7-3-2-4-8-12/h2-8,13H,9-11H2,1H3/t13-/m1/s1. The van der Waals surface area contributed by atoms with Crippen molar-refractivity contribution in [1.82, 2.24) is 4.90 Å². The molecule has 0 aliphatic carbocycles. The SMILES string of the molecule is COC(=O)[C@@H](Cc1ccccc1)N1CC=CC1. The van der Waals surface area contributed by atoms with E-state index in [1.165, 1.54) is 7.11 Å². The second-order valence-corrected chi connectivity index (χ2v) is 4.15. The number of ether oxygens (including phenoxy) is 1. The fourth-order valence-corrected chi connectivity index (χ4v) is 2.08. The first-order valence-corrected chi connectivity index (χ1v) is 5.82. The highest BCUT2D eigenvalue weighted by Gasteiger charge is 2.27. The molecule has 2 rings (SSSR count). The van der Waals surface area contributed by atoms with E-state index in [4.69, 9.17) is 4.74 Å². The first kappa shape index (κ1) is 11.9. The number of rotatable bonds is 4. The lowest BCUT2D eigenvalue weighted by Crippen LogP contribution is -2.42. The Hall–Kier alpha value is -1.61. The number of esters is 1. The summed E-state index contributed by atoms with van der Waals surface area (Å²) in [5.41, 5.74) is 1.16. The minimum absolute atomic E-state index is 0.155. The quantitative estimate of drug-likeness (QED) is 0.583. The zero-order chi connectivity index (χ0) is 12.1. The van der Waals surface area contributed by atoms with Crippen LogP contribution in [0.1, 0.15) is 5.56 Å². The predicted molar refractivity (Wildman–Crippen MR) is 66.7 cm³/mol. The van der Waals surface area contributed by atoms with Gasteiger partial charge >= 0.3 is 5.97 Å². The number of hydrogen-bond acceptors (Lipinski definition) is 3. The van der Waals surface area contributed by atoms with Crippen molar-refractivity contribution in [2.24, 2.45) is 0 Å². The summed E-state index contributed by atoms with van der Waals surface area (Å²) < 4.78 is 4.89. The van der Waals surface area contributed by atoms with Gasteiger partial charge in [-0.05, 0) is 12.0 Å². The average molecular weight is 231 g/mol. The summed E-state index contributed by atoms with van der Waals surface area (Å²) in [4.78, 5) is 13.9. The van der Waals surface area contributed by atoms with Crippen LogP contribution >= 0.6 is 0 Å². The van der Waals surface area contributed by atoms with Crippen LogP contribution in [-0.4, -0.2) is 37.1 Å². The van der Waals surface area contributed by atoms with Crippen molar-refractivity contribution < 1.29 is 9.53 Å². The lowest BCUT2D eigenvalue weighted by molar-refractivity contribution is -0.146. The molecule has 1 heterocycles. The van der Waals surface area contributed by atoms with Gasteiger partial charge in [-0.25, -0.2) is 0 Å². The van der Waals surface area contributed by atoms with E-state index in [2.05, 4.69) is 17.1 Å². The summed E-state index contributed by atoms with van der Waals surface area (Å²) >= 11 is 0. The molecule has 0 fully saturated rings. The van der Waals surface area contributed by atoms with Gasteiger partial charge in [0, 0.05) is 13.1 Å². The lowest BCUT2D eigenvalue weighted by atomic mass is 10.1. The molecule has 1 atom stereocenters. The highest BCUT2D eigenvalue weighted by molar-refractivity contribution is 5.76. The molecule has 0 saturated heterocycles. The minimum atomic E-state index is -0.183. The number of carbonyl (C=O) groups excluding carboxylic acids is 1. The largest absolute Gasteiger partial charge is 0.468 e. The molecule has 3 nitrogen and oxygen atoms in total. The smallest absolute Gasteiger partial charge is 0.323 e. The van der Waals surface area contributed by atoms with Crippen molar-refractivity contribution in [2.75, 3.05) is 20.2 Å². The van der Waals surface area contributed by atoms with Gasteiger partial charge in [-0.1, -0.05) is 42.5 Å². The van der Waals surface area contributed by atoms with Crippen LogP contribution in [0.15, 0.2) is 42.5 Å². The molecule has 17 heavy (non-hydrogen) atoms. The van der Waals surface area contributed by atoms with Crippen molar-refractivity contribution in [3.8, 4) is 0 Å². The number of hydrogen-bond donors (Lipinski definition) is 0. The fourth-order valence-electron chi connectivity index (χ4n) is 2.08. The van der Waals surface area contributed by atoms with Crippen LogP contribution in [0.25, 0.3) is 0 Å². The maximum atomic E-state index is 11.8. The monoisotopic (exact) mass is 231 g/mol. The molecule has 1 aliphatic heterocycles. The lowest BCUT2D eigenvalue weighted by Gasteiger charge is -2.25. The second kappa shape index (κ2) is 5.64. The van der Waals surface area contributed by atoms with E-state index < -0.39 is 0 Å². The summed E-state index contributed by atoms with van der Waals surface area (Å²) in [6.07, 6.45) is 4.87. The molecule has 0 spiro atoms. The Balaban J connectivity index is 2.08. The minimum Gasteiger partial charge on any atom is -0.468 e. The number of methoxy groups -OCH3 is 1. The van der Waals surface area contributed by atoms with Gasteiger partial charge in [-0.3, -0.25) is 9.69 Å². The Morgan fingerprint density at radius 1 is 1.29 bits per heavy atom. The zero-order valence-corrected chi connectivity index (χ0v) is 10.0. The molecule has 90 valence electrons. The molecular formula is C14H17NO2. The van der Waals surface area contributed by atoms with Crippen LogP contribution in [0, 0.1) is 0 Å². The third kappa shape index (κ3) is 2.94. The molecule has 0 aromatic heterocycles. The number of carbonyl (C=O) groups is 1. The van der Waals surface area contributed by atoms with E-state index >= 15 is 0 Å². The van der Waals surface area contributed by atoms with Gasteiger partial charge in [-0.15, -0.1) is 0 Å². The Morgan fingerprint density at radius 3 is 2.53 bits per heavy atom. The Morgan fingerprint density at radius 2 is 1.94 bits per heavy atom. The van der Waals surface area contributed by atoms with Gasteiger partial charge in [0.1, 0.15) is 6.04 Å². The van der Waals surface area contributed by atoms with Crippen LogP contribution in [0.5, 0.6) is 0 Å². The van der Waals surface area contributed by atoms with Crippen molar-refractivity contribution >= 4 is 5.97 Å². The molecule has 3 heteroatoms. The molecular weight excluding hydrogens is 214 g/mol. The molecule has 1 aromatic rings. The maximum absolute atomic E-state index is 11.8. The molecule has 0 bridgehead atoms. The molecule has 1 aliphatic rings. The molecule has 0 amide bonds. The Kier molecular flexibility index (Phi) is 3.94. The van der Waals surface area contributed by atoms with Gasteiger partial charge in [-0.2, -0.15) is 0 Å². The third-order valence-electron chi connectivity index (χ3n) is 3.03. The van der Waals surface area contributed by atoms with Crippen LogP contribution in [0.3, 0.4) is 0 Å². The van der Waals surface area contributed by atoms with Crippen LogP contribution < -0.4 is 0 Å². The van der Waals surface area contributed by atoms with E-state index in [0.29, 0.717) is 6.42 Å². The van der Waals surface area contributed by atoms with Crippen LogP contribution in [0.2, 0.25) is 0 Å². The molecule has 0 saturated carbocycles. The highest BCUT2D eigenvalue weighted by atomic mass is 16.5. The molecule has 0 unspecified atom stereocenters. The number of benzene rings is 1. The molecule has 0 N–H and O–H groups in total. The highest BCUT2D eigenvalue weighted by Crippen LogP contribution is 2.13. The van der Waals surface area contributed by atoms with Gasteiger partial charge in [0.15, 0.2) is 0 Å². The fraction of sp³-hybridized carbons (Fsp3) is 0.357. The molecule has 0 radical (unpaired) electrons. The molecule has 1 aromatic carbocycles. The summed E-state index contributed by atoms with van der Waals surface area (Å²) in [7, 11) is 1.45. The van der Waals surface area contributed by atoms with Gasteiger partial charge < -0.3 is 4.74 Å². The topological polar surface area (TPSA) is 29.5 Å². The van der Waals surface area contributed by atoms with E-state index in [-0.39, 0.29) is 12.0 Å². The maximum Gasteiger partial charge on any atom is 0.323 e.